The molecule has 0 radical (unpaired) electrons. The SMILES string of the molecule is c1ccc(-c2ccc(-c3cc(-c4ccc(-c5nc6ccccc6c6c5ccc5ccccc56)cn4)nc(-c4ccc(-c5ccccc5)cc4)n3)cc2)cc1. The molecule has 3 heterocycles. The number of hydrogen-bond donors (Lipinski definition) is 0. The fourth-order valence-corrected chi connectivity index (χ4v) is 7.39. The van der Waals surface area contributed by atoms with Gasteiger partial charge >= 0.3 is 0 Å². The van der Waals surface area contributed by atoms with Crippen LogP contribution in [0.15, 0.2) is 194 Å². The Hall–Kier alpha value is -7.30. The minimum atomic E-state index is 0.647. The Morgan fingerprint density at radius 2 is 0.870 bits per heavy atom. The van der Waals surface area contributed by atoms with Crippen molar-refractivity contribution < 1.29 is 0 Å². The second kappa shape index (κ2) is 13.4. The van der Waals surface area contributed by atoms with E-state index in [1.165, 1.54) is 27.3 Å². The highest BCUT2D eigenvalue weighted by atomic mass is 14.9. The smallest absolute Gasteiger partial charge is 0.160 e. The third-order valence-corrected chi connectivity index (χ3v) is 10.2. The zero-order valence-electron chi connectivity index (χ0n) is 29.3. The highest BCUT2D eigenvalue weighted by Gasteiger charge is 2.16. The zero-order chi connectivity index (χ0) is 35.8. The molecule has 0 aliphatic rings. The Morgan fingerprint density at radius 3 is 1.56 bits per heavy atom. The van der Waals surface area contributed by atoms with Gasteiger partial charge in [-0.1, -0.05) is 164 Å². The summed E-state index contributed by atoms with van der Waals surface area (Å²) in [6.07, 6.45) is 1.92. The highest BCUT2D eigenvalue weighted by molar-refractivity contribution is 6.22. The van der Waals surface area contributed by atoms with E-state index in [0.717, 1.165) is 66.9 Å². The predicted molar refractivity (Wildman–Crippen MR) is 223 cm³/mol. The molecule has 4 heteroatoms. The first kappa shape index (κ1) is 31.4. The Morgan fingerprint density at radius 1 is 0.315 bits per heavy atom. The lowest BCUT2D eigenvalue weighted by molar-refractivity contribution is 1.16. The molecule has 252 valence electrons. The minimum absolute atomic E-state index is 0.647. The normalized spacial score (nSPS) is 11.3. The van der Waals surface area contributed by atoms with Gasteiger partial charge in [-0.15, -0.1) is 0 Å². The van der Waals surface area contributed by atoms with Gasteiger partial charge in [0.15, 0.2) is 5.82 Å². The molecule has 0 amide bonds. The molecule has 3 aromatic heterocycles. The molecule has 7 aromatic carbocycles. The molecule has 54 heavy (non-hydrogen) atoms. The monoisotopic (exact) mass is 688 g/mol. The standard InChI is InChI=1S/C50H32N4/c1-3-11-33(12-4-1)35-19-23-38(24-20-35)46-31-47(54-50(53-46)39-25-21-36(22-26-39)34-13-5-2-6-14-34)45-30-28-40(32-51-45)49-43-29-27-37-15-7-8-16-41(37)48(43)42-17-9-10-18-44(42)52-49/h1-32H. The molecule has 0 spiro atoms. The Labute approximate surface area is 313 Å². The largest absolute Gasteiger partial charge is 0.254 e. The van der Waals surface area contributed by atoms with Gasteiger partial charge in [-0.25, -0.2) is 15.0 Å². The van der Waals surface area contributed by atoms with Crippen LogP contribution in [0.2, 0.25) is 0 Å². The lowest BCUT2D eigenvalue weighted by Gasteiger charge is -2.13. The summed E-state index contributed by atoms with van der Waals surface area (Å²) in [7, 11) is 0. The van der Waals surface area contributed by atoms with E-state index < -0.39 is 0 Å². The van der Waals surface area contributed by atoms with Gasteiger partial charge < -0.3 is 0 Å². The van der Waals surface area contributed by atoms with E-state index in [4.69, 9.17) is 19.9 Å². The maximum absolute atomic E-state index is 5.18. The number of pyridine rings is 2. The maximum atomic E-state index is 5.18. The van der Waals surface area contributed by atoms with Crippen LogP contribution in [0.5, 0.6) is 0 Å². The number of benzene rings is 7. The number of hydrogen-bond acceptors (Lipinski definition) is 4. The van der Waals surface area contributed by atoms with Gasteiger partial charge in [0.05, 0.1) is 28.3 Å². The summed E-state index contributed by atoms with van der Waals surface area (Å²) < 4.78 is 0. The molecular weight excluding hydrogens is 657 g/mol. The molecule has 0 N–H and O–H groups in total. The average molecular weight is 689 g/mol. The van der Waals surface area contributed by atoms with E-state index in [9.17, 15) is 0 Å². The molecule has 0 fully saturated rings. The van der Waals surface area contributed by atoms with Crippen molar-refractivity contribution in [1.82, 2.24) is 19.9 Å². The van der Waals surface area contributed by atoms with E-state index in [0.29, 0.717) is 5.82 Å². The minimum Gasteiger partial charge on any atom is -0.254 e. The van der Waals surface area contributed by atoms with Crippen molar-refractivity contribution in [2.24, 2.45) is 0 Å². The molecular formula is C50H32N4. The van der Waals surface area contributed by atoms with Crippen LogP contribution in [0.3, 0.4) is 0 Å². The average Bonchev–Trinajstić information content (AvgIpc) is 3.26. The van der Waals surface area contributed by atoms with Gasteiger partial charge in [0.1, 0.15) is 0 Å². The van der Waals surface area contributed by atoms with Gasteiger partial charge in [0.25, 0.3) is 0 Å². The number of aromatic nitrogens is 4. The van der Waals surface area contributed by atoms with E-state index in [1.54, 1.807) is 0 Å². The third kappa shape index (κ3) is 5.76. The molecule has 0 saturated heterocycles. The topological polar surface area (TPSA) is 51.6 Å². The number of rotatable bonds is 6. The van der Waals surface area contributed by atoms with Crippen LogP contribution in [0, 0.1) is 0 Å². The number of nitrogens with zero attached hydrogens (tertiary/aromatic N) is 4. The van der Waals surface area contributed by atoms with Gasteiger partial charge in [-0.05, 0) is 57.3 Å². The summed E-state index contributed by atoms with van der Waals surface area (Å²) in [6, 6.07) is 65.4. The summed E-state index contributed by atoms with van der Waals surface area (Å²) in [5.41, 5.74) is 11.8. The second-order valence-electron chi connectivity index (χ2n) is 13.5. The van der Waals surface area contributed by atoms with Crippen LogP contribution < -0.4 is 0 Å². The van der Waals surface area contributed by atoms with Crippen LogP contribution in [-0.2, 0) is 0 Å². The first-order valence-electron chi connectivity index (χ1n) is 18.1. The third-order valence-electron chi connectivity index (χ3n) is 10.2. The van der Waals surface area contributed by atoms with Gasteiger partial charge in [-0.3, -0.25) is 4.98 Å². The van der Waals surface area contributed by atoms with Crippen molar-refractivity contribution in [1.29, 1.82) is 0 Å². The summed E-state index contributed by atoms with van der Waals surface area (Å²) >= 11 is 0. The number of fused-ring (bicyclic) bond motifs is 5. The zero-order valence-corrected chi connectivity index (χ0v) is 29.3. The van der Waals surface area contributed by atoms with Crippen LogP contribution in [0.1, 0.15) is 0 Å². The highest BCUT2D eigenvalue weighted by Crippen LogP contribution is 2.37. The molecule has 4 nitrogen and oxygen atoms in total. The molecule has 10 aromatic rings. The summed E-state index contributed by atoms with van der Waals surface area (Å²) in [5, 5.41) is 5.88. The van der Waals surface area contributed by atoms with E-state index >= 15 is 0 Å². The van der Waals surface area contributed by atoms with Crippen molar-refractivity contribution in [2.45, 2.75) is 0 Å². The van der Waals surface area contributed by atoms with Gasteiger partial charge in [0.2, 0.25) is 0 Å². The molecule has 0 aliphatic carbocycles. The van der Waals surface area contributed by atoms with E-state index in [-0.39, 0.29) is 0 Å². The van der Waals surface area contributed by atoms with Crippen LogP contribution >= 0.6 is 0 Å². The van der Waals surface area contributed by atoms with Crippen molar-refractivity contribution in [3.8, 4) is 67.5 Å². The van der Waals surface area contributed by atoms with E-state index in [2.05, 4.69) is 158 Å². The van der Waals surface area contributed by atoms with Crippen molar-refractivity contribution in [3.05, 3.63) is 194 Å². The predicted octanol–water partition coefficient (Wildman–Crippen LogP) is 12.7. The first-order chi connectivity index (χ1) is 26.7. The van der Waals surface area contributed by atoms with Gasteiger partial charge in [0, 0.05) is 39.0 Å². The second-order valence-corrected chi connectivity index (χ2v) is 13.5. The molecule has 0 saturated carbocycles. The lowest BCUT2D eigenvalue weighted by Crippen LogP contribution is -1.97. The Kier molecular flexibility index (Phi) is 7.77. The Balaban J connectivity index is 1.08. The molecule has 0 atom stereocenters. The Bertz CT molecular complexity index is 2820. The fraction of sp³-hybridized carbons (Fsp3) is 0. The first-order valence-corrected chi connectivity index (χ1v) is 18.1. The van der Waals surface area contributed by atoms with Crippen LogP contribution in [0.4, 0.5) is 0 Å². The molecule has 0 bridgehead atoms. The molecule has 0 aliphatic heterocycles. The van der Waals surface area contributed by atoms with E-state index in [1.807, 2.05) is 36.5 Å². The maximum Gasteiger partial charge on any atom is 0.160 e. The van der Waals surface area contributed by atoms with Crippen molar-refractivity contribution in [2.75, 3.05) is 0 Å². The van der Waals surface area contributed by atoms with Crippen LogP contribution in [-0.4, -0.2) is 19.9 Å². The molecule has 10 rings (SSSR count). The quantitative estimate of drug-likeness (QED) is 0.163. The number of para-hydroxylation sites is 1. The lowest BCUT2D eigenvalue weighted by atomic mass is 9.95. The summed E-state index contributed by atoms with van der Waals surface area (Å²) in [4.78, 5) is 20.4. The van der Waals surface area contributed by atoms with Crippen molar-refractivity contribution in [3.63, 3.8) is 0 Å². The summed E-state index contributed by atoms with van der Waals surface area (Å²) in [5.74, 6) is 0.647. The van der Waals surface area contributed by atoms with Gasteiger partial charge in [-0.2, -0.15) is 0 Å². The van der Waals surface area contributed by atoms with Crippen molar-refractivity contribution >= 4 is 32.4 Å². The van der Waals surface area contributed by atoms with Crippen LogP contribution in [0.25, 0.3) is 100.0 Å². The fourth-order valence-electron chi connectivity index (χ4n) is 7.39. The summed E-state index contributed by atoms with van der Waals surface area (Å²) in [6.45, 7) is 0. The molecule has 0 unspecified atom stereocenters.